The average Bonchev–Trinajstić information content (AvgIpc) is 3.34. The smallest absolute Gasteiger partial charge is 0.169 e. The van der Waals surface area contributed by atoms with Crippen LogP contribution in [0, 0.1) is 6.92 Å². The zero-order valence-electron chi connectivity index (χ0n) is 17.5. The van der Waals surface area contributed by atoms with Gasteiger partial charge in [0.1, 0.15) is 0 Å². The number of carbonyl (C=O) groups excluding carboxylic acids is 1. The number of rotatable bonds is 2. The number of benzene rings is 1. The predicted molar refractivity (Wildman–Crippen MR) is 124 cm³/mol. The number of hydrogen-bond donors (Lipinski definition) is 1. The van der Waals surface area contributed by atoms with Crippen LogP contribution in [0.1, 0.15) is 40.1 Å². The topological polar surface area (TPSA) is 54.9 Å². The van der Waals surface area contributed by atoms with Crippen LogP contribution in [0.15, 0.2) is 54.4 Å². The molecular formula is C27H23N3O. The summed E-state index contributed by atoms with van der Waals surface area (Å²) in [5.41, 5.74) is 12.0. The third-order valence-corrected chi connectivity index (χ3v) is 6.63. The van der Waals surface area contributed by atoms with Gasteiger partial charge in [-0.05, 0) is 60.6 Å². The van der Waals surface area contributed by atoms with Gasteiger partial charge >= 0.3 is 0 Å². The molecule has 2 aliphatic carbocycles. The van der Waals surface area contributed by atoms with E-state index in [0.717, 1.165) is 65.1 Å². The average molecular weight is 406 g/mol. The molecule has 0 bridgehead atoms. The monoisotopic (exact) mass is 405 g/mol. The molecule has 1 aliphatic heterocycles. The summed E-state index contributed by atoms with van der Waals surface area (Å²) < 4.78 is 0. The SMILES string of the molecule is Cc1c(-c2cnc3c(c2)/C(=C/C2=Cc4ccccc4C2)C(=O)C3)cnc2c1NCCC2. The summed E-state index contributed by atoms with van der Waals surface area (Å²) in [7, 11) is 0. The second kappa shape index (κ2) is 7.02. The van der Waals surface area contributed by atoms with Gasteiger partial charge in [-0.3, -0.25) is 14.8 Å². The maximum atomic E-state index is 12.8. The van der Waals surface area contributed by atoms with Crippen LogP contribution in [0.4, 0.5) is 5.69 Å². The Balaban J connectivity index is 1.40. The van der Waals surface area contributed by atoms with Crippen molar-refractivity contribution < 1.29 is 4.79 Å². The van der Waals surface area contributed by atoms with Crippen LogP contribution in [0.25, 0.3) is 22.8 Å². The van der Waals surface area contributed by atoms with Gasteiger partial charge in [0.05, 0.1) is 23.5 Å². The molecule has 6 rings (SSSR count). The molecule has 0 fully saturated rings. The third kappa shape index (κ3) is 3.02. The molecule has 1 aromatic carbocycles. The van der Waals surface area contributed by atoms with Gasteiger partial charge < -0.3 is 5.32 Å². The Kier molecular flexibility index (Phi) is 4.13. The fraction of sp³-hybridized carbons (Fsp3) is 0.222. The molecule has 0 unspecified atom stereocenters. The van der Waals surface area contributed by atoms with E-state index >= 15 is 0 Å². The lowest BCUT2D eigenvalue weighted by atomic mass is 9.96. The Hall–Kier alpha value is -3.53. The van der Waals surface area contributed by atoms with E-state index in [1.54, 1.807) is 0 Å². The molecule has 0 saturated carbocycles. The number of anilines is 1. The van der Waals surface area contributed by atoms with Crippen molar-refractivity contribution >= 4 is 23.1 Å². The molecule has 0 spiro atoms. The van der Waals surface area contributed by atoms with Crippen LogP contribution >= 0.6 is 0 Å². The van der Waals surface area contributed by atoms with Crippen LogP contribution in [0.5, 0.6) is 0 Å². The van der Waals surface area contributed by atoms with E-state index in [9.17, 15) is 4.79 Å². The summed E-state index contributed by atoms with van der Waals surface area (Å²) in [6.07, 6.45) is 11.5. The number of carbonyl (C=O) groups is 1. The second-order valence-electron chi connectivity index (χ2n) is 8.62. The molecule has 3 heterocycles. The zero-order valence-corrected chi connectivity index (χ0v) is 17.5. The molecule has 0 saturated heterocycles. The van der Waals surface area contributed by atoms with E-state index in [2.05, 4.69) is 59.7 Å². The number of nitrogens with one attached hydrogen (secondary N) is 1. The van der Waals surface area contributed by atoms with Gasteiger partial charge in [0, 0.05) is 41.2 Å². The summed E-state index contributed by atoms with van der Waals surface area (Å²) in [4.78, 5) is 22.2. The highest BCUT2D eigenvalue weighted by Crippen LogP contribution is 2.37. The summed E-state index contributed by atoms with van der Waals surface area (Å²) in [5, 5.41) is 3.51. The van der Waals surface area contributed by atoms with Crippen LogP contribution in [0.3, 0.4) is 0 Å². The predicted octanol–water partition coefficient (Wildman–Crippen LogP) is 4.96. The third-order valence-electron chi connectivity index (χ3n) is 6.63. The van der Waals surface area contributed by atoms with Gasteiger partial charge in [0.25, 0.3) is 0 Å². The van der Waals surface area contributed by atoms with E-state index in [4.69, 9.17) is 4.98 Å². The molecular weight excluding hydrogens is 382 g/mol. The molecule has 0 radical (unpaired) electrons. The first-order valence-corrected chi connectivity index (χ1v) is 10.9. The van der Waals surface area contributed by atoms with Gasteiger partial charge in [0.15, 0.2) is 5.78 Å². The van der Waals surface area contributed by atoms with Gasteiger partial charge in [-0.2, -0.15) is 0 Å². The van der Waals surface area contributed by atoms with Crippen molar-refractivity contribution in [3.63, 3.8) is 0 Å². The van der Waals surface area contributed by atoms with Crippen molar-refractivity contribution in [1.82, 2.24) is 9.97 Å². The van der Waals surface area contributed by atoms with Crippen molar-refractivity contribution in [2.45, 2.75) is 32.6 Å². The van der Waals surface area contributed by atoms with Crippen molar-refractivity contribution in [2.24, 2.45) is 0 Å². The lowest BCUT2D eigenvalue weighted by Crippen LogP contribution is -2.14. The minimum Gasteiger partial charge on any atom is -0.383 e. The molecule has 3 aromatic rings. The first-order chi connectivity index (χ1) is 15.2. The molecule has 0 amide bonds. The zero-order chi connectivity index (χ0) is 20.9. The molecule has 2 aromatic heterocycles. The van der Waals surface area contributed by atoms with E-state index in [1.807, 2.05) is 12.4 Å². The van der Waals surface area contributed by atoms with Crippen LogP contribution in [0.2, 0.25) is 0 Å². The van der Waals surface area contributed by atoms with E-state index in [1.165, 1.54) is 22.3 Å². The lowest BCUT2D eigenvalue weighted by Gasteiger charge is -2.21. The number of aromatic nitrogens is 2. The normalized spacial score (nSPS) is 17.8. The molecule has 31 heavy (non-hydrogen) atoms. The van der Waals surface area contributed by atoms with Gasteiger partial charge in [-0.15, -0.1) is 0 Å². The summed E-state index contributed by atoms with van der Waals surface area (Å²) >= 11 is 0. The summed E-state index contributed by atoms with van der Waals surface area (Å²) in [5.74, 6) is 0.151. The van der Waals surface area contributed by atoms with Crippen LogP contribution in [-0.2, 0) is 24.1 Å². The van der Waals surface area contributed by atoms with Gasteiger partial charge in [0.2, 0.25) is 0 Å². The number of ketones is 1. The minimum atomic E-state index is 0.151. The molecule has 4 heteroatoms. The fourth-order valence-electron chi connectivity index (χ4n) is 4.99. The summed E-state index contributed by atoms with van der Waals surface area (Å²) in [6.45, 7) is 3.13. The van der Waals surface area contributed by atoms with Crippen molar-refractivity contribution in [1.29, 1.82) is 0 Å². The number of allylic oxidation sites excluding steroid dienone is 3. The highest BCUT2D eigenvalue weighted by atomic mass is 16.1. The first kappa shape index (κ1) is 18.3. The van der Waals surface area contributed by atoms with Crippen LogP contribution < -0.4 is 5.32 Å². The number of hydrogen-bond acceptors (Lipinski definition) is 4. The number of fused-ring (bicyclic) bond motifs is 3. The fourth-order valence-corrected chi connectivity index (χ4v) is 4.99. The molecule has 0 atom stereocenters. The standard InChI is InChI=1S/C27H23N3O/c1-16-23(15-30-24-7-4-8-28-27(16)24)20-12-21-22(26(31)13-25(21)29-14-20)11-17-9-18-5-2-3-6-19(18)10-17/h2-3,5-6,9,11-12,14-15,28H,4,7-8,10,13H2,1H3/b22-11-. The van der Waals surface area contributed by atoms with E-state index in [0.29, 0.717) is 6.42 Å². The van der Waals surface area contributed by atoms with Crippen molar-refractivity contribution in [3.05, 3.63) is 88.0 Å². The Morgan fingerprint density at radius 2 is 1.90 bits per heavy atom. The number of Topliss-reactive ketones (excluding diaryl/α,β-unsaturated/α-hetero) is 1. The van der Waals surface area contributed by atoms with Crippen molar-refractivity contribution in [3.8, 4) is 11.1 Å². The molecule has 152 valence electrons. The summed E-state index contributed by atoms with van der Waals surface area (Å²) in [6, 6.07) is 10.5. The number of nitrogens with zero attached hydrogens (tertiary/aromatic N) is 2. The van der Waals surface area contributed by atoms with Crippen molar-refractivity contribution in [2.75, 3.05) is 11.9 Å². The first-order valence-electron chi connectivity index (χ1n) is 10.9. The quantitative estimate of drug-likeness (QED) is 0.613. The Labute approximate surface area is 181 Å². The number of pyridine rings is 2. The van der Waals surface area contributed by atoms with Gasteiger partial charge in [-0.1, -0.05) is 30.3 Å². The van der Waals surface area contributed by atoms with E-state index < -0.39 is 0 Å². The van der Waals surface area contributed by atoms with Gasteiger partial charge in [-0.25, -0.2) is 0 Å². The number of aryl methyl sites for hydroxylation is 1. The maximum Gasteiger partial charge on any atom is 0.169 e. The highest BCUT2D eigenvalue weighted by Gasteiger charge is 2.27. The molecule has 4 nitrogen and oxygen atoms in total. The molecule has 3 aliphatic rings. The minimum absolute atomic E-state index is 0.151. The molecule has 1 N–H and O–H groups in total. The lowest BCUT2D eigenvalue weighted by molar-refractivity contribution is -0.112. The largest absolute Gasteiger partial charge is 0.383 e. The van der Waals surface area contributed by atoms with E-state index in [-0.39, 0.29) is 5.78 Å². The Bertz CT molecular complexity index is 1320. The maximum absolute atomic E-state index is 12.8. The highest BCUT2D eigenvalue weighted by molar-refractivity contribution is 6.25. The Morgan fingerprint density at radius 3 is 2.81 bits per heavy atom. The Morgan fingerprint density at radius 1 is 1.03 bits per heavy atom. The second-order valence-corrected chi connectivity index (χ2v) is 8.62. The van der Waals surface area contributed by atoms with Crippen LogP contribution in [-0.4, -0.2) is 22.3 Å².